The standard InChI is InChI=1S/C21H22F2N6O2S/c22-14-5-6-15(28-32(31)29-7-1-2-8-29)18(23)17(14)19(30)13-10-25-21-16(13)20(26-11-27-21)24-9-12-3-4-12/h5-6,10-12,28H,1-4,7-9H2,(H2,24,25,26,27). The molecule has 1 saturated heterocycles. The minimum absolute atomic E-state index is 0.0644. The third-order valence-corrected chi connectivity index (χ3v) is 7.01. The second kappa shape index (κ2) is 8.55. The lowest BCUT2D eigenvalue weighted by atomic mass is 10.0. The average molecular weight is 461 g/mol. The van der Waals surface area contributed by atoms with Crippen LogP contribution < -0.4 is 10.0 Å². The highest BCUT2D eigenvalue weighted by molar-refractivity contribution is 7.84. The number of H-pyrrole nitrogens is 1. The van der Waals surface area contributed by atoms with Gasteiger partial charge in [0.05, 0.1) is 22.2 Å². The third-order valence-electron chi connectivity index (χ3n) is 5.78. The number of nitrogens with zero attached hydrogens (tertiary/aromatic N) is 3. The molecule has 3 N–H and O–H groups in total. The number of hydrogen-bond donors (Lipinski definition) is 3. The molecule has 2 aromatic heterocycles. The lowest BCUT2D eigenvalue weighted by Gasteiger charge is -2.16. The number of aromatic nitrogens is 3. The van der Waals surface area contributed by atoms with E-state index in [0.717, 1.165) is 37.8 Å². The van der Waals surface area contributed by atoms with E-state index in [2.05, 4.69) is 25.0 Å². The molecular formula is C21H22F2N6O2S. The molecule has 3 heterocycles. The molecule has 1 unspecified atom stereocenters. The van der Waals surface area contributed by atoms with Crippen molar-refractivity contribution < 1.29 is 17.8 Å². The van der Waals surface area contributed by atoms with Gasteiger partial charge in [0.2, 0.25) is 5.78 Å². The van der Waals surface area contributed by atoms with Crippen LogP contribution in [0.5, 0.6) is 0 Å². The Balaban J connectivity index is 1.48. The molecule has 11 heteroatoms. The summed E-state index contributed by atoms with van der Waals surface area (Å²) in [5.41, 5.74) is -0.448. The number of hydrogen-bond acceptors (Lipinski definition) is 5. The number of ketones is 1. The number of halogens is 2. The van der Waals surface area contributed by atoms with E-state index in [1.165, 1.54) is 12.5 Å². The Morgan fingerprint density at radius 1 is 1.22 bits per heavy atom. The van der Waals surface area contributed by atoms with Gasteiger partial charge >= 0.3 is 0 Å². The van der Waals surface area contributed by atoms with Crippen molar-refractivity contribution >= 4 is 39.5 Å². The molecular weight excluding hydrogens is 438 g/mol. The number of fused-ring (bicyclic) bond motifs is 1. The molecule has 1 aliphatic carbocycles. The maximum Gasteiger partial charge on any atom is 0.201 e. The zero-order valence-corrected chi connectivity index (χ0v) is 18.0. The third kappa shape index (κ3) is 3.97. The van der Waals surface area contributed by atoms with Crippen LogP contribution in [0.3, 0.4) is 0 Å². The molecule has 1 atom stereocenters. The Morgan fingerprint density at radius 3 is 2.75 bits per heavy atom. The summed E-state index contributed by atoms with van der Waals surface area (Å²) in [4.78, 5) is 24.5. The summed E-state index contributed by atoms with van der Waals surface area (Å²) in [5.74, 6) is -1.92. The summed E-state index contributed by atoms with van der Waals surface area (Å²) in [6, 6.07) is 2.15. The predicted molar refractivity (Wildman–Crippen MR) is 117 cm³/mol. The van der Waals surface area contributed by atoms with E-state index in [9.17, 15) is 13.4 Å². The quantitative estimate of drug-likeness (QED) is 0.447. The number of carbonyl (C=O) groups is 1. The fraction of sp³-hybridized carbons (Fsp3) is 0.381. The normalized spacial score (nSPS) is 17.6. The van der Waals surface area contributed by atoms with Gasteiger partial charge in [-0.25, -0.2) is 27.3 Å². The highest BCUT2D eigenvalue weighted by atomic mass is 32.2. The van der Waals surface area contributed by atoms with Crippen LogP contribution in [0.25, 0.3) is 11.0 Å². The molecule has 0 radical (unpaired) electrons. The van der Waals surface area contributed by atoms with Gasteiger partial charge in [0.15, 0.2) is 17.0 Å². The van der Waals surface area contributed by atoms with E-state index in [1.54, 1.807) is 4.31 Å². The molecule has 0 bridgehead atoms. The Bertz CT molecular complexity index is 1210. The monoisotopic (exact) mass is 460 g/mol. The van der Waals surface area contributed by atoms with Gasteiger partial charge in [0.25, 0.3) is 0 Å². The fourth-order valence-electron chi connectivity index (χ4n) is 3.83. The van der Waals surface area contributed by atoms with Gasteiger partial charge in [-0.1, -0.05) is 0 Å². The topological polar surface area (TPSA) is 103 Å². The molecule has 3 aromatic rings. The molecule has 0 amide bonds. The number of anilines is 2. The van der Waals surface area contributed by atoms with Crippen LogP contribution in [0, 0.1) is 17.6 Å². The lowest BCUT2D eigenvalue weighted by molar-refractivity contribution is 0.103. The van der Waals surface area contributed by atoms with Gasteiger partial charge in [0, 0.05) is 25.8 Å². The van der Waals surface area contributed by atoms with Gasteiger partial charge in [-0.05, 0) is 43.7 Å². The number of benzene rings is 1. The van der Waals surface area contributed by atoms with Crippen LogP contribution in [-0.2, 0) is 11.2 Å². The van der Waals surface area contributed by atoms with Crippen molar-refractivity contribution in [3.05, 3.63) is 47.4 Å². The number of rotatable bonds is 8. The van der Waals surface area contributed by atoms with E-state index in [1.807, 2.05) is 0 Å². The van der Waals surface area contributed by atoms with Crippen molar-refractivity contribution in [2.24, 2.45) is 5.92 Å². The van der Waals surface area contributed by atoms with Gasteiger partial charge in [0.1, 0.15) is 23.6 Å². The first-order valence-corrected chi connectivity index (χ1v) is 11.7. The van der Waals surface area contributed by atoms with E-state index in [0.29, 0.717) is 42.4 Å². The number of nitrogens with one attached hydrogen (secondary N) is 3. The zero-order valence-electron chi connectivity index (χ0n) is 17.2. The lowest BCUT2D eigenvalue weighted by Crippen LogP contribution is -2.27. The van der Waals surface area contributed by atoms with Crippen molar-refractivity contribution in [1.82, 2.24) is 19.3 Å². The van der Waals surface area contributed by atoms with E-state index in [4.69, 9.17) is 0 Å². The number of aromatic amines is 1. The highest BCUT2D eigenvalue weighted by Gasteiger charge is 2.28. The average Bonchev–Trinajstić information content (AvgIpc) is 3.25. The van der Waals surface area contributed by atoms with E-state index in [-0.39, 0.29) is 11.3 Å². The second-order valence-electron chi connectivity index (χ2n) is 8.07. The minimum Gasteiger partial charge on any atom is -0.369 e. The molecule has 1 aromatic carbocycles. The summed E-state index contributed by atoms with van der Waals surface area (Å²) in [6.45, 7) is 1.95. The summed E-state index contributed by atoms with van der Waals surface area (Å²) in [6.07, 6.45) is 6.82. The van der Waals surface area contributed by atoms with E-state index < -0.39 is 34.2 Å². The maximum absolute atomic E-state index is 15.3. The van der Waals surface area contributed by atoms with Gasteiger partial charge in [-0.2, -0.15) is 0 Å². The smallest absolute Gasteiger partial charge is 0.201 e. The van der Waals surface area contributed by atoms with Crippen molar-refractivity contribution in [1.29, 1.82) is 0 Å². The van der Waals surface area contributed by atoms with Crippen LogP contribution >= 0.6 is 0 Å². The first kappa shape index (κ1) is 21.0. The molecule has 2 aliphatic rings. The SMILES string of the molecule is O=C(c1c(F)ccc(NS(=O)N2CCCC2)c1F)c1c[nH]c2ncnc(NCC3CC3)c12. The van der Waals surface area contributed by atoms with Crippen LogP contribution in [0.2, 0.25) is 0 Å². The van der Waals surface area contributed by atoms with Crippen molar-refractivity contribution in [3.63, 3.8) is 0 Å². The van der Waals surface area contributed by atoms with Gasteiger partial charge in [-0.3, -0.25) is 9.52 Å². The summed E-state index contributed by atoms with van der Waals surface area (Å²) in [7, 11) is 0. The molecule has 5 rings (SSSR count). The summed E-state index contributed by atoms with van der Waals surface area (Å²) >= 11 is -1.68. The molecule has 0 spiro atoms. The van der Waals surface area contributed by atoms with Crippen LogP contribution in [-0.4, -0.2) is 48.9 Å². The minimum atomic E-state index is -1.68. The van der Waals surface area contributed by atoms with Crippen LogP contribution in [0.15, 0.2) is 24.7 Å². The first-order valence-electron chi connectivity index (χ1n) is 10.5. The van der Waals surface area contributed by atoms with Crippen LogP contribution in [0.1, 0.15) is 41.6 Å². The number of carbonyl (C=O) groups excluding carboxylic acids is 1. The van der Waals surface area contributed by atoms with Crippen molar-refractivity contribution in [2.45, 2.75) is 25.7 Å². The largest absolute Gasteiger partial charge is 0.369 e. The molecule has 1 aliphatic heterocycles. The van der Waals surface area contributed by atoms with Crippen molar-refractivity contribution in [2.75, 3.05) is 29.7 Å². The second-order valence-corrected chi connectivity index (χ2v) is 9.29. The molecule has 1 saturated carbocycles. The van der Waals surface area contributed by atoms with Crippen molar-refractivity contribution in [3.8, 4) is 0 Å². The Morgan fingerprint density at radius 2 is 2.00 bits per heavy atom. The molecule has 2 fully saturated rings. The first-order chi connectivity index (χ1) is 15.5. The van der Waals surface area contributed by atoms with Gasteiger partial charge < -0.3 is 10.3 Å². The highest BCUT2D eigenvalue weighted by Crippen LogP contribution is 2.32. The predicted octanol–water partition coefficient (Wildman–Crippen LogP) is 3.38. The zero-order chi connectivity index (χ0) is 22.2. The van der Waals surface area contributed by atoms with E-state index >= 15 is 4.39 Å². The molecule has 32 heavy (non-hydrogen) atoms. The summed E-state index contributed by atoms with van der Waals surface area (Å²) < 4.78 is 46.6. The molecule has 168 valence electrons. The Kier molecular flexibility index (Phi) is 5.60. The Hall–Kier alpha value is -2.92. The maximum atomic E-state index is 15.3. The fourth-order valence-corrected chi connectivity index (χ4v) is 4.89. The van der Waals surface area contributed by atoms with Crippen LogP contribution in [0.4, 0.5) is 20.3 Å². The summed E-state index contributed by atoms with van der Waals surface area (Å²) in [5, 5.41) is 3.60. The Labute approximate surface area is 185 Å². The molecule has 8 nitrogen and oxygen atoms in total. The van der Waals surface area contributed by atoms with Gasteiger partial charge in [-0.15, -0.1) is 0 Å².